The van der Waals surface area contributed by atoms with Crippen molar-refractivity contribution < 1.29 is 0 Å². The first-order chi connectivity index (χ1) is 19.5. The molecule has 1 fully saturated rings. The van der Waals surface area contributed by atoms with Crippen molar-refractivity contribution in [2.75, 3.05) is 19.6 Å². The van der Waals surface area contributed by atoms with Gasteiger partial charge in [-0.15, -0.1) is 11.3 Å². The highest BCUT2D eigenvalue weighted by Gasteiger charge is 2.17. The summed E-state index contributed by atoms with van der Waals surface area (Å²) in [5.41, 5.74) is 9.02. The number of aromatic amines is 2. The van der Waals surface area contributed by atoms with Gasteiger partial charge >= 0.3 is 0 Å². The smallest absolute Gasteiger partial charge is 0.181 e. The van der Waals surface area contributed by atoms with Crippen LogP contribution in [0.25, 0.3) is 55.0 Å². The molecule has 202 valence electrons. The number of pyridine rings is 2. The first-order valence-corrected chi connectivity index (χ1v) is 14.7. The molecule has 1 aliphatic rings. The van der Waals surface area contributed by atoms with Gasteiger partial charge in [0, 0.05) is 45.7 Å². The normalized spacial score (nSPS) is 15.2. The van der Waals surface area contributed by atoms with Gasteiger partial charge in [-0.2, -0.15) is 5.10 Å². The second-order valence-corrected chi connectivity index (χ2v) is 11.5. The van der Waals surface area contributed by atoms with Crippen molar-refractivity contribution in [1.29, 1.82) is 0 Å². The Morgan fingerprint density at radius 2 is 1.95 bits per heavy atom. The highest BCUT2D eigenvalue weighted by Crippen LogP contribution is 2.37. The average molecular weight is 547 g/mol. The highest BCUT2D eigenvalue weighted by atomic mass is 32.1. The van der Waals surface area contributed by atoms with Gasteiger partial charge in [0.15, 0.2) is 5.65 Å². The lowest BCUT2D eigenvalue weighted by Gasteiger charge is -2.26. The van der Waals surface area contributed by atoms with Crippen LogP contribution in [-0.4, -0.2) is 49.7 Å². The molecule has 0 radical (unpaired) electrons. The van der Waals surface area contributed by atoms with E-state index >= 15 is 0 Å². The monoisotopic (exact) mass is 546 g/mol. The maximum absolute atomic E-state index is 4.73. The number of piperidine rings is 1. The first-order valence-electron chi connectivity index (χ1n) is 13.8. The summed E-state index contributed by atoms with van der Waals surface area (Å²) in [5.74, 6) is 0. The summed E-state index contributed by atoms with van der Waals surface area (Å²) < 4.78 is 0. The second kappa shape index (κ2) is 11.2. The Kier molecular flexibility index (Phi) is 7.32. The molecular formula is C33H34N6S. The van der Waals surface area contributed by atoms with Crippen molar-refractivity contribution in [2.45, 2.75) is 33.1 Å². The Labute approximate surface area is 238 Å². The third-order valence-electron chi connectivity index (χ3n) is 7.59. The predicted octanol–water partition coefficient (Wildman–Crippen LogP) is 8.26. The number of aromatic nitrogens is 5. The molecule has 2 N–H and O–H groups in total. The molecule has 0 spiro atoms. The molecule has 1 saturated heterocycles. The van der Waals surface area contributed by atoms with E-state index in [1.807, 2.05) is 31.5 Å². The number of nitrogens with one attached hydrogen (secondary N) is 2. The largest absolute Gasteiger partial charge is 0.353 e. The zero-order valence-electron chi connectivity index (χ0n) is 23.1. The summed E-state index contributed by atoms with van der Waals surface area (Å²) in [4.78, 5) is 17.8. The molecule has 40 heavy (non-hydrogen) atoms. The van der Waals surface area contributed by atoms with E-state index in [9.17, 15) is 0 Å². The zero-order valence-corrected chi connectivity index (χ0v) is 23.9. The number of H-pyrrole nitrogens is 2. The van der Waals surface area contributed by atoms with E-state index in [-0.39, 0.29) is 0 Å². The molecule has 0 saturated carbocycles. The van der Waals surface area contributed by atoms with E-state index in [4.69, 9.17) is 9.97 Å². The van der Waals surface area contributed by atoms with Crippen LogP contribution in [0.4, 0.5) is 0 Å². The maximum Gasteiger partial charge on any atom is 0.181 e. The van der Waals surface area contributed by atoms with Crippen LogP contribution in [0.3, 0.4) is 0 Å². The Balaban J connectivity index is 1.36. The molecule has 5 aromatic heterocycles. The Hall–Kier alpha value is -4.07. The number of rotatable bonds is 8. The van der Waals surface area contributed by atoms with Crippen LogP contribution in [0.5, 0.6) is 0 Å². The molecule has 0 aliphatic carbocycles. The van der Waals surface area contributed by atoms with Gasteiger partial charge in [0.1, 0.15) is 0 Å². The topological polar surface area (TPSA) is 73.5 Å². The fourth-order valence-electron chi connectivity index (χ4n) is 5.42. The molecular weight excluding hydrogens is 512 g/mol. The van der Waals surface area contributed by atoms with Gasteiger partial charge in [-0.05, 0) is 86.8 Å². The van der Waals surface area contributed by atoms with Crippen LogP contribution >= 0.6 is 11.3 Å². The first kappa shape index (κ1) is 26.2. The number of hydrogen-bond donors (Lipinski definition) is 2. The number of fused-ring (bicyclic) bond motifs is 2. The van der Waals surface area contributed by atoms with E-state index in [0.29, 0.717) is 5.65 Å². The molecule has 5 aromatic rings. The minimum atomic E-state index is 0.691. The van der Waals surface area contributed by atoms with Gasteiger partial charge in [-0.3, -0.25) is 15.0 Å². The molecule has 7 heteroatoms. The second-order valence-electron chi connectivity index (χ2n) is 10.4. The Bertz CT molecular complexity index is 1770. The van der Waals surface area contributed by atoms with Crippen molar-refractivity contribution >= 4 is 44.4 Å². The SMILES string of the molecule is C=C/C(=C\C(=C/C)c1cnc2n[nH]c(-c3cc4c(-c5ccc(C(=C)C)s5)nccc4[nH]3)c2c1)CN1CCCCC1. The van der Waals surface area contributed by atoms with Gasteiger partial charge < -0.3 is 4.98 Å². The minimum absolute atomic E-state index is 0.691. The summed E-state index contributed by atoms with van der Waals surface area (Å²) in [5, 5.41) is 9.79. The number of hydrogen-bond acceptors (Lipinski definition) is 5. The zero-order chi connectivity index (χ0) is 27.6. The minimum Gasteiger partial charge on any atom is -0.353 e. The van der Waals surface area contributed by atoms with Crippen LogP contribution in [0.1, 0.15) is 43.6 Å². The third kappa shape index (κ3) is 5.10. The Morgan fingerprint density at radius 3 is 2.70 bits per heavy atom. The van der Waals surface area contributed by atoms with Crippen molar-refractivity contribution in [3.8, 4) is 22.0 Å². The van der Waals surface area contributed by atoms with Crippen molar-refractivity contribution in [3.63, 3.8) is 0 Å². The number of allylic oxidation sites excluding steroid dienone is 4. The van der Waals surface area contributed by atoms with Gasteiger partial charge in [-0.25, -0.2) is 4.98 Å². The molecule has 0 unspecified atom stereocenters. The lowest BCUT2D eigenvalue weighted by Crippen LogP contribution is -2.31. The molecule has 6 rings (SSSR count). The van der Waals surface area contributed by atoms with E-state index < -0.39 is 0 Å². The van der Waals surface area contributed by atoms with Gasteiger partial charge in [0.05, 0.1) is 22.0 Å². The fraction of sp³-hybridized carbons (Fsp3) is 0.242. The maximum atomic E-state index is 4.73. The van der Waals surface area contributed by atoms with Crippen molar-refractivity contribution in [1.82, 2.24) is 30.0 Å². The van der Waals surface area contributed by atoms with Gasteiger partial charge in [0.25, 0.3) is 0 Å². The quantitative estimate of drug-likeness (QED) is 0.192. The lowest BCUT2D eigenvalue weighted by molar-refractivity contribution is 0.248. The number of thiophene rings is 1. The summed E-state index contributed by atoms with van der Waals surface area (Å²) in [6, 6.07) is 10.6. The van der Waals surface area contributed by atoms with Crippen LogP contribution in [0.2, 0.25) is 0 Å². The molecule has 0 aromatic carbocycles. The standard InChI is InChI=1S/C33H34N6S/c1-5-22(20-39-14-8-7-9-15-39)16-23(6-2)24-17-26-31(37-38-33(26)35-19-24)28-18-25-27(36-28)12-13-34-32(25)30-11-10-29(40-30)21(3)4/h5-6,10-13,16-19,36H,1,3,7-9,14-15,20H2,2,4H3,(H,35,37,38)/b22-16+,23-6+. The van der Waals surface area contributed by atoms with Gasteiger partial charge in [-0.1, -0.05) is 37.8 Å². The molecule has 1 aliphatic heterocycles. The summed E-state index contributed by atoms with van der Waals surface area (Å²) in [6.45, 7) is 15.5. The van der Waals surface area contributed by atoms with Crippen LogP contribution in [-0.2, 0) is 0 Å². The van der Waals surface area contributed by atoms with E-state index in [2.05, 4.69) is 76.6 Å². The lowest BCUT2D eigenvalue weighted by atomic mass is 10.0. The third-order valence-corrected chi connectivity index (χ3v) is 8.84. The summed E-state index contributed by atoms with van der Waals surface area (Å²) in [7, 11) is 0. The van der Waals surface area contributed by atoms with Gasteiger partial charge in [0.2, 0.25) is 0 Å². The number of likely N-dealkylation sites (tertiary alicyclic amines) is 1. The van der Waals surface area contributed by atoms with Crippen LogP contribution < -0.4 is 0 Å². The van der Waals surface area contributed by atoms with E-state index in [1.54, 1.807) is 11.3 Å². The molecule has 0 atom stereocenters. The summed E-state index contributed by atoms with van der Waals surface area (Å²) >= 11 is 1.72. The highest BCUT2D eigenvalue weighted by molar-refractivity contribution is 7.16. The molecule has 0 amide bonds. The molecule has 6 nitrogen and oxygen atoms in total. The fourth-order valence-corrected chi connectivity index (χ4v) is 6.36. The van der Waals surface area contributed by atoms with Crippen LogP contribution in [0, 0.1) is 0 Å². The predicted molar refractivity (Wildman–Crippen MR) is 169 cm³/mol. The average Bonchev–Trinajstić information content (AvgIpc) is 3.73. The van der Waals surface area contributed by atoms with Crippen LogP contribution in [0.15, 0.2) is 79.7 Å². The Morgan fingerprint density at radius 1 is 1.10 bits per heavy atom. The van der Waals surface area contributed by atoms with E-state index in [0.717, 1.165) is 74.6 Å². The number of nitrogens with zero attached hydrogens (tertiary/aromatic N) is 4. The summed E-state index contributed by atoms with van der Waals surface area (Å²) in [6.07, 6.45) is 14.0. The van der Waals surface area contributed by atoms with Crippen molar-refractivity contribution in [2.24, 2.45) is 0 Å². The molecule has 6 heterocycles. The molecule has 0 bridgehead atoms. The van der Waals surface area contributed by atoms with E-state index in [1.165, 1.54) is 29.7 Å². The van der Waals surface area contributed by atoms with Crippen molar-refractivity contribution in [3.05, 3.63) is 90.1 Å².